The van der Waals surface area contributed by atoms with Crippen LogP contribution in [0.5, 0.6) is 0 Å². The van der Waals surface area contributed by atoms with E-state index in [2.05, 4.69) is 0 Å². The van der Waals surface area contributed by atoms with E-state index >= 15 is 0 Å². The van der Waals surface area contributed by atoms with Gasteiger partial charge in [-0.15, -0.1) is 12.4 Å². The second-order valence-electron chi connectivity index (χ2n) is 3.72. The van der Waals surface area contributed by atoms with Crippen molar-refractivity contribution in [1.82, 2.24) is 0 Å². The van der Waals surface area contributed by atoms with Crippen molar-refractivity contribution in [3.05, 3.63) is 0 Å². The largest absolute Gasteiger partial charge is 0.481 e. The van der Waals surface area contributed by atoms with Gasteiger partial charge in [-0.2, -0.15) is 0 Å². The van der Waals surface area contributed by atoms with Crippen LogP contribution in [0.4, 0.5) is 0 Å². The highest BCUT2D eigenvalue weighted by Gasteiger charge is 2.21. The fraction of sp³-hybridized carbons (Fsp3) is 0.889. The number of nitrogens with two attached hydrogens (primary N) is 1. The monoisotopic (exact) mass is 207 g/mol. The average Bonchev–Trinajstić information content (AvgIpc) is 2.05. The molecule has 1 saturated carbocycles. The molecule has 0 atom stereocenters. The summed E-state index contributed by atoms with van der Waals surface area (Å²) in [6, 6.07) is 0. The Morgan fingerprint density at radius 2 is 1.69 bits per heavy atom. The fourth-order valence-electron chi connectivity index (χ4n) is 1.92. The summed E-state index contributed by atoms with van der Waals surface area (Å²) in [5.41, 5.74) is 5.53. The summed E-state index contributed by atoms with van der Waals surface area (Å²) < 4.78 is 0. The Morgan fingerprint density at radius 1 is 1.23 bits per heavy atom. The van der Waals surface area contributed by atoms with E-state index < -0.39 is 5.97 Å². The lowest BCUT2D eigenvalue weighted by Crippen LogP contribution is -2.22. The molecule has 0 unspecified atom stereocenters. The molecule has 1 aliphatic carbocycles. The van der Waals surface area contributed by atoms with Crippen LogP contribution in [-0.4, -0.2) is 17.6 Å². The van der Waals surface area contributed by atoms with Gasteiger partial charge in [0.25, 0.3) is 0 Å². The summed E-state index contributed by atoms with van der Waals surface area (Å²) in [6.07, 6.45) is 4.68. The smallest absolute Gasteiger partial charge is 0.303 e. The Labute approximate surface area is 85.1 Å². The molecule has 1 fully saturated rings. The third kappa shape index (κ3) is 4.48. The zero-order valence-corrected chi connectivity index (χ0v) is 8.55. The molecule has 0 bridgehead atoms. The average molecular weight is 208 g/mol. The number of rotatable bonds is 3. The first kappa shape index (κ1) is 12.7. The minimum absolute atomic E-state index is 0. The SMILES string of the molecule is Cl.NC[C@H]1CC[C@H](CC(=O)O)CC1. The van der Waals surface area contributed by atoms with Crippen LogP contribution >= 0.6 is 12.4 Å². The predicted molar refractivity (Wildman–Crippen MR) is 54.0 cm³/mol. The van der Waals surface area contributed by atoms with E-state index in [4.69, 9.17) is 10.8 Å². The summed E-state index contributed by atoms with van der Waals surface area (Å²) >= 11 is 0. The van der Waals surface area contributed by atoms with Crippen LogP contribution in [0.15, 0.2) is 0 Å². The van der Waals surface area contributed by atoms with Gasteiger partial charge in [0.05, 0.1) is 0 Å². The second kappa shape index (κ2) is 6.22. The van der Waals surface area contributed by atoms with Crippen LogP contribution in [0.1, 0.15) is 32.1 Å². The van der Waals surface area contributed by atoms with E-state index in [0.29, 0.717) is 18.3 Å². The summed E-state index contributed by atoms with van der Waals surface area (Å²) in [7, 11) is 0. The molecule has 0 aromatic carbocycles. The molecule has 0 radical (unpaired) electrons. The number of carboxylic acid groups (broad SMARTS) is 1. The second-order valence-corrected chi connectivity index (χ2v) is 3.72. The minimum Gasteiger partial charge on any atom is -0.481 e. The number of hydrogen-bond acceptors (Lipinski definition) is 2. The van der Waals surface area contributed by atoms with E-state index in [1.165, 1.54) is 0 Å². The van der Waals surface area contributed by atoms with E-state index in [-0.39, 0.29) is 12.4 Å². The van der Waals surface area contributed by atoms with Gasteiger partial charge < -0.3 is 10.8 Å². The van der Waals surface area contributed by atoms with Gasteiger partial charge in [0.15, 0.2) is 0 Å². The lowest BCUT2D eigenvalue weighted by molar-refractivity contribution is -0.138. The molecular formula is C9H18ClNO2. The molecule has 78 valence electrons. The molecule has 4 heteroatoms. The zero-order chi connectivity index (χ0) is 8.97. The molecule has 3 N–H and O–H groups in total. The Bertz CT molecular complexity index is 156. The normalized spacial score (nSPS) is 27.8. The van der Waals surface area contributed by atoms with Gasteiger partial charge >= 0.3 is 5.97 Å². The van der Waals surface area contributed by atoms with E-state index in [9.17, 15) is 4.79 Å². The van der Waals surface area contributed by atoms with Crippen LogP contribution in [-0.2, 0) is 4.79 Å². The maximum atomic E-state index is 10.4. The van der Waals surface area contributed by atoms with Gasteiger partial charge in [0, 0.05) is 6.42 Å². The van der Waals surface area contributed by atoms with E-state index in [1.54, 1.807) is 0 Å². The fourth-order valence-corrected chi connectivity index (χ4v) is 1.92. The van der Waals surface area contributed by atoms with Crippen molar-refractivity contribution in [3.8, 4) is 0 Å². The number of carboxylic acids is 1. The highest BCUT2D eigenvalue weighted by molar-refractivity contribution is 5.85. The Hall–Kier alpha value is -0.280. The van der Waals surface area contributed by atoms with Crippen molar-refractivity contribution < 1.29 is 9.90 Å². The van der Waals surface area contributed by atoms with Gasteiger partial charge in [-0.05, 0) is 44.1 Å². The standard InChI is InChI=1S/C9H17NO2.ClH/c10-6-8-3-1-7(2-4-8)5-9(11)12;/h7-8H,1-6,10H2,(H,11,12);1H/t7-,8-;. The van der Waals surface area contributed by atoms with Crippen molar-refractivity contribution in [2.24, 2.45) is 17.6 Å². The first-order chi connectivity index (χ1) is 5.72. The minimum atomic E-state index is -0.661. The molecule has 0 amide bonds. The van der Waals surface area contributed by atoms with Crippen LogP contribution < -0.4 is 5.73 Å². The van der Waals surface area contributed by atoms with Crippen LogP contribution in [0, 0.1) is 11.8 Å². The molecule has 0 aromatic rings. The lowest BCUT2D eigenvalue weighted by Gasteiger charge is -2.26. The summed E-state index contributed by atoms with van der Waals surface area (Å²) in [6.45, 7) is 0.764. The lowest BCUT2D eigenvalue weighted by atomic mass is 9.81. The quantitative estimate of drug-likeness (QED) is 0.740. The first-order valence-electron chi connectivity index (χ1n) is 4.64. The third-order valence-electron chi connectivity index (χ3n) is 2.76. The molecule has 1 rings (SSSR count). The molecule has 13 heavy (non-hydrogen) atoms. The van der Waals surface area contributed by atoms with Gasteiger partial charge in [-0.1, -0.05) is 0 Å². The molecule has 0 saturated heterocycles. The van der Waals surface area contributed by atoms with Crippen LogP contribution in [0.25, 0.3) is 0 Å². The highest BCUT2D eigenvalue weighted by Crippen LogP contribution is 2.29. The Kier molecular flexibility index (Phi) is 6.08. The number of carbonyl (C=O) groups is 1. The topological polar surface area (TPSA) is 63.3 Å². The van der Waals surface area contributed by atoms with Crippen molar-refractivity contribution in [3.63, 3.8) is 0 Å². The van der Waals surface area contributed by atoms with Crippen molar-refractivity contribution in [2.75, 3.05) is 6.54 Å². The molecule has 3 nitrogen and oxygen atoms in total. The highest BCUT2D eigenvalue weighted by atomic mass is 35.5. The maximum absolute atomic E-state index is 10.4. The van der Waals surface area contributed by atoms with Gasteiger partial charge in [0.2, 0.25) is 0 Å². The zero-order valence-electron chi connectivity index (χ0n) is 7.74. The molecular weight excluding hydrogens is 190 g/mol. The van der Waals surface area contributed by atoms with Crippen molar-refractivity contribution in [1.29, 1.82) is 0 Å². The molecule has 0 heterocycles. The van der Waals surface area contributed by atoms with E-state index in [0.717, 1.165) is 32.2 Å². The molecule has 0 spiro atoms. The van der Waals surface area contributed by atoms with Gasteiger partial charge in [-0.3, -0.25) is 4.79 Å². The number of hydrogen-bond donors (Lipinski definition) is 2. The summed E-state index contributed by atoms with van der Waals surface area (Å²) in [5, 5.41) is 8.56. The van der Waals surface area contributed by atoms with Crippen LogP contribution in [0.2, 0.25) is 0 Å². The Morgan fingerprint density at radius 3 is 2.08 bits per heavy atom. The van der Waals surface area contributed by atoms with Crippen molar-refractivity contribution in [2.45, 2.75) is 32.1 Å². The predicted octanol–water partition coefficient (Wildman–Crippen LogP) is 1.65. The van der Waals surface area contributed by atoms with E-state index in [1.807, 2.05) is 0 Å². The summed E-state index contributed by atoms with van der Waals surface area (Å²) in [4.78, 5) is 10.4. The Balaban J connectivity index is 0.00000144. The number of halogens is 1. The first-order valence-corrected chi connectivity index (χ1v) is 4.64. The number of aliphatic carboxylic acids is 1. The van der Waals surface area contributed by atoms with Crippen molar-refractivity contribution >= 4 is 18.4 Å². The molecule has 0 aliphatic heterocycles. The maximum Gasteiger partial charge on any atom is 0.303 e. The van der Waals surface area contributed by atoms with Gasteiger partial charge in [0.1, 0.15) is 0 Å². The van der Waals surface area contributed by atoms with Crippen LogP contribution in [0.3, 0.4) is 0 Å². The third-order valence-corrected chi connectivity index (χ3v) is 2.76. The van der Waals surface area contributed by atoms with Gasteiger partial charge in [-0.25, -0.2) is 0 Å². The summed E-state index contributed by atoms with van der Waals surface area (Å²) in [5.74, 6) is 0.395. The molecule has 1 aliphatic rings. The molecule has 0 aromatic heterocycles.